The molecule has 0 spiro atoms. The summed E-state index contributed by atoms with van der Waals surface area (Å²) < 4.78 is 23.6. The highest BCUT2D eigenvalue weighted by molar-refractivity contribution is 14.1. The second-order valence-electron chi connectivity index (χ2n) is 1.99. The van der Waals surface area contributed by atoms with E-state index >= 15 is 0 Å². The molecule has 0 aliphatic carbocycles. The maximum absolute atomic E-state index is 11.7. The Morgan fingerprint density at radius 1 is 1.33 bits per heavy atom. The highest BCUT2D eigenvalue weighted by Gasteiger charge is 2.20. The fraction of sp³-hybridized carbons (Fsp3) is 0.714. The number of halogens is 1. The molecule has 0 saturated carbocycles. The molecule has 0 N–H and O–H groups in total. The first-order valence-corrected chi connectivity index (χ1v) is 6.79. The molecule has 72 valence electrons. The van der Waals surface area contributed by atoms with Crippen molar-refractivity contribution in [2.24, 2.45) is 0 Å². The molecule has 0 fully saturated rings. The molecule has 0 atom stereocenters. The average Bonchev–Trinajstić information content (AvgIpc) is 2.02. The zero-order valence-electron chi connectivity index (χ0n) is 7.33. The van der Waals surface area contributed by atoms with Crippen LogP contribution in [-0.4, -0.2) is 19.4 Å². The van der Waals surface area contributed by atoms with Crippen LogP contribution in [0.3, 0.4) is 0 Å². The van der Waals surface area contributed by atoms with E-state index in [0.29, 0.717) is 19.4 Å². The Morgan fingerprint density at radius 3 is 2.17 bits per heavy atom. The van der Waals surface area contributed by atoms with Crippen LogP contribution >= 0.6 is 30.2 Å². The minimum atomic E-state index is -2.83. The lowest BCUT2D eigenvalue weighted by atomic mass is 10.8. The molecule has 0 rings (SSSR count). The van der Waals surface area contributed by atoms with Crippen LogP contribution in [0, 0.1) is 0 Å². The Bertz CT molecular complexity index is 171. The average molecular weight is 304 g/mol. The SMILES string of the molecule is CCOP(=O)(C/C=C/I)OCC. The molecule has 0 aliphatic rings. The van der Waals surface area contributed by atoms with Crippen molar-refractivity contribution in [2.75, 3.05) is 19.4 Å². The zero-order chi connectivity index (χ0) is 9.45. The zero-order valence-corrected chi connectivity index (χ0v) is 10.4. The monoisotopic (exact) mass is 304 g/mol. The predicted molar refractivity (Wildman–Crippen MR) is 58.9 cm³/mol. The summed E-state index contributed by atoms with van der Waals surface area (Å²) in [5.41, 5.74) is 0. The van der Waals surface area contributed by atoms with Crippen molar-refractivity contribution in [2.45, 2.75) is 13.8 Å². The molecule has 0 aromatic heterocycles. The molecule has 0 heterocycles. The molecule has 0 aliphatic heterocycles. The second kappa shape index (κ2) is 7.06. The molecule has 0 radical (unpaired) electrons. The molecule has 0 unspecified atom stereocenters. The molecule has 5 heteroatoms. The van der Waals surface area contributed by atoms with Gasteiger partial charge in [-0.3, -0.25) is 4.57 Å². The molecule has 0 amide bonds. The van der Waals surface area contributed by atoms with Crippen molar-refractivity contribution < 1.29 is 13.6 Å². The maximum atomic E-state index is 11.7. The third kappa shape index (κ3) is 5.30. The summed E-state index contributed by atoms with van der Waals surface area (Å²) in [4.78, 5) is 0. The quantitative estimate of drug-likeness (QED) is 0.558. The fourth-order valence-corrected chi connectivity index (χ4v) is 2.80. The number of allylic oxidation sites excluding steroid dienone is 1. The van der Waals surface area contributed by atoms with Crippen LogP contribution in [0.1, 0.15) is 13.8 Å². The molecular formula is C7H14IO3P. The first-order valence-electron chi connectivity index (χ1n) is 3.82. The van der Waals surface area contributed by atoms with E-state index in [1.807, 2.05) is 4.08 Å². The summed E-state index contributed by atoms with van der Waals surface area (Å²) >= 11 is 2.07. The van der Waals surface area contributed by atoms with Gasteiger partial charge in [-0.1, -0.05) is 28.7 Å². The number of rotatable bonds is 6. The van der Waals surface area contributed by atoms with Crippen LogP contribution in [0.5, 0.6) is 0 Å². The smallest absolute Gasteiger partial charge is 0.309 e. The maximum Gasteiger partial charge on any atom is 0.334 e. The Hall–Kier alpha value is 0.620. The normalized spacial score (nSPS) is 12.6. The van der Waals surface area contributed by atoms with Gasteiger partial charge in [0.05, 0.1) is 19.4 Å². The van der Waals surface area contributed by atoms with Crippen molar-refractivity contribution >= 4 is 30.2 Å². The minimum Gasteiger partial charge on any atom is -0.309 e. The van der Waals surface area contributed by atoms with E-state index in [-0.39, 0.29) is 0 Å². The van der Waals surface area contributed by atoms with Crippen LogP contribution in [0.25, 0.3) is 0 Å². The van der Waals surface area contributed by atoms with Gasteiger partial charge < -0.3 is 9.05 Å². The molecule has 3 nitrogen and oxygen atoms in total. The number of hydrogen-bond donors (Lipinski definition) is 0. The Kier molecular flexibility index (Phi) is 7.43. The Balaban J connectivity index is 4.08. The lowest BCUT2D eigenvalue weighted by Gasteiger charge is -2.14. The van der Waals surface area contributed by atoms with Crippen LogP contribution in [0.2, 0.25) is 0 Å². The van der Waals surface area contributed by atoms with Gasteiger partial charge >= 0.3 is 7.60 Å². The molecule has 0 aromatic carbocycles. The predicted octanol–water partition coefficient (Wildman–Crippen LogP) is 3.20. The van der Waals surface area contributed by atoms with E-state index < -0.39 is 7.60 Å². The van der Waals surface area contributed by atoms with Gasteiger partial charge in [-0.2, -0.15) is 0 Å². The van der Waals surface area contributed by atoms with Crippen LogP contribution in [0.4, 0.5) is 0 Å². The van der Waals surface area contributed by atoms with E-state index in [0.717, 1.165) is 0 Å². The molecular weight excluding hydrogens is 290 g/mol. The Morgan fingerprint density at radius 2 is 1.83 bits per heavy atom. The summed E-state index contributed by atoms with van der Waals surface area (Å²) in [6, 6.07) is 0. The van der Waals surface area contributed by atoms with Crippen LogP contribution in [0.15, 0.2) is 10.2 Å². The third-order valence-electron chi connectivity index (χ3n) is 1.07. The first-order chi connectivity index (χ1) is 5.68. The largest absolute Gasteiger partial charge is 0.334 e. The van der Waals surface area contributed by atoms with Gasteiger partial charge in [0.25, 0.3) is 0 Å². The van der Waals surface area contributed by atoms with Gasteiger partial charge in [-0.05, 0) is 17.9 Å². The highest BCUT2D eigenvalue weighted by atomic mass is 127. The topological polar surface area (TPSA) is 35.5 Å². The van der Waals surface area contributed by atoms with Gasteiger partial charge in [0, 0.05) is 0 Å². The van der Waals surface area contributed by atoms with Crippen LogP contribution < -0.4 is 0 Å². The lowest BCUT2D eigenvalue weighted by Crippen LogP contribution is -1.97. The van der Waals surface area contributed by atoms with E-state index in [1.165, 1.54) is 0 Å². The fourth-order valence-electron chi connectivity index (χ4n) is 0.705. The van der Waals surface area contributed by atoms with Gasteiger partial charge in [-0.15, -0.1) is 0 Å². The van der Waals surface area contributed by atoms with E-state index in [2.05, 4.69) is 22.6 Å². The number of hydrogen-bond acceptors (Lipinski definition) is 3. The van der Waals surface area contributed by atoms with Gasteiger partial charge in [0.1, 0.15) is 0 Å². The molecule has 0 bridgehead atoms. The van der Waals surface area contributed by atoms with Crippen molar-refractivity contribution in [3.63, 3.8) is 0 Å². The standard InChI is InChI=1S/C7H14IO3P/c1-3-10-12(9,11-4-2)7-5-6-8/h5-6H,3-4,7H2,1-2H3/b6-5+. The van der Waals surface area contributed by atoms with Crippen LogP contribution in [-0.2, 0) is 13.6 Å². The second-order valence-corrected chi connectivity index (χ2v) is 4.81. The summed E-state index contributed by atoms with van der Waals surface area (Å²) in [6.45, 7) is 4.46. The molecule has 0 saturated heterocycles. The summed E-state index contributed by atoms with van der Waals surface area (Å²) in [6.07, 6.45) is 2.14. The third-order valence-corrected chi connectivity index (χ3v) is 3.54. The minimum absolute atomic E-state index is 0.359. The molecule has 12 heavy (non-hydrogen) atoms. The van der Waals surface area contributed by atoms with Crippen molar-refractivity contribution in [1.29, 1.82) is 0 Å². The van der Waals surface area contributed by atoms with E-state index in [4.69, 9.17) is 9.05 Å². The highest BCUT2D eigenvalue weighted by Crippen LogP contribution is 2.47. The summed E-state index contributed by atoms with van der Waals surface area (Å²) in [5.74, 6) is 0. The van der Waals surface area contributed by atoms with E-state index in [9.17, 15) is 4.57 Å². The summed E-state index contributed by atoms with van der Waals surface area (Å²) in [7, 11) is -2.83. The van der Waals surface area contributed by atoms with Gasteiger partial charge in [-0.25, -0.2) is 0 Å². The Labute approximate surface area is 87.2 Å². The van der Waals surface area contributed by atoms with Crippen molar-refractivity contribution in [3.05, 3.63) is 10.2 Å². The first kappa shape index (κ1) is 12.6. The van der Waals surface area contributed by atoms with Gasteiger partial charge in [0.15, 0.2) is 0 Å². The van der Waals surface area contributed by atoms with Crippen molar-refractivity contribution in [3.8, 4) is 0 Å². The van der Waals surface area contributed by atoms with E-state index in [1.54, 1.807) is 19.9 Å². The molecule has 0 aromatic rings. The lowest BCUT2D eigenvalue weighted by molar-refractivity contribution is 0.222. The summed E-state index contributed by atoms with van der Waals surface area (Å²) in [5, 5.41) is 0. The van der Waals surface area contributed by atoms with Crippen molar-refractivity contribution in [1.82, 2.24) is 0 Å². The van der Waals surface area contributed by atoms with Gasteiger partial charge in [0.2, 0.25) is 0 Å².